The molecule has 2 aromatic rings. The van der Waals surface area contributed by atoms with Crippen molar-refractivity contribution in [1.82, 2.24) is 9.78 Å². The largest absolute Gasteiger partial charge is 0.484 e. The number of benzene rings is 1. The second kappa shape index (κ2) is 5.83. The molecule has 0 saturated heterocycles. The molecule has 1 aromatic carbocycles. The van der Waals surface area contributed by atoms with Gasteiger partial charge in [-0.3, -0.25) is 14.8 Å². The van der Waals surface area contributed by atoms with Crippen LogP contribution in [0.3, 0.4) is 0 Å². The monoisotopic (exact) mass is 309 g/mol. The first kappa shape index (κ1) is 14.9. The zero-order valence-corrected chi connectivity index (χ0v) is 12.1. The Hall–Kier alpha value is -2.55. The first-order valence-corrected chi connectivity index (χ1v) is 7.43. The SMILES string of the molecule is Cn1cc(S(=O)(=O)Nc2ccccc2OCC(=N)N)cn1. The smallest absolute Gasteiger partial charge is 0.265 e. The van der Waals surface area contributed by atoms with Crippen LogP contribution >= 0.6 is 0 Å². The van der Waals surface area contributed by atoms with Crippen molar-refractivity contribution in [3.8, 4) is 5.75 Å². The number of ether oxygens (including phenoxy) is 1. The first-order chi connectivity index (χ1) is 9.88. The van der Waals surface area contributed by atoms with Crippen LogP contribution < -0.4 is 15.2 Å². The lowest BCUT2D eigenvalue weighted by molar-refractivity contribution is 0.376. The third-order valence-electron chi connectivity index (χ3n) is 2.51. The molecule has 4 N–H and O–H groups in total. The molecule has 0 aliphatic heterocycles. The van der Waals surface area contributed by atoms with Gasteiger partial charge in [-0.15, -0.1) is 0 Å². The number of para-hydroxylation sites is 2. The highest BCUT2D eigenvalue weighted by Gasteiger charge is 2.18. The second-order valence-corrected chi connectivity index (χ2v) is 5.95. The van der Waals surface area contributed by atoms with Crippen LogP contribution in [0.4, 0.5) is 5.69 Å². The van der Waals surface area contributed by atoms with Crippen molar-refractivity contribution >= 4 is 21.5 Å². The van der Waals surface area contributed by atoms with Crippen LogP contribution in [0.25, 0.3) is 0 Å². The molecule has 0 bridgehead atoms. The van der Waals surface area contributed by atoms with Crippen molar-refractivity contribution in [3.05, 3.63) is 36.7 Å². The summed E-state index contributed by atoms with van der Waals surface area (Å²) in [4.78, 5) is 0.0476. The third-order valence-corrected chi connectivity index (χ3v) is 3.83. The van der Waals surface area contributed by atoms with E-state index in [1.165, 1.54) is 17.1 Å². The molecule has 112 valence electrons. The van der Waals surface area contributed by atoms with Crippen molar-refractivity contribution in [2.75, 3.05) is 11.3 Å². The third kappa shape index (κ3) is 3.72. The fourth-order valence-corrected chi connectivity index (χ4v) is 2.63. The van der Waals surface area contributed by atoms with Gasteiger partial charge in [0.15, 0.2) is 0 Å². The minimum atomic E-state index is -3.75. The number of nitrogens with two attached hydrogens (primary N) is 1. The number of aryl methyl sites for hydroxylation is 1. The van der Waals surface area contributed by atoms with Gasteiger partial charge in [-0.05, 0) is 12.1 Å². The van der Waals surface area contributed by atoms with Crippen molar-refractivity contribution in [3.63, 3.8) is 0 Å². The van der Waals surface area contributed by atoms with E-state index < -0.39 is 10.0 Å². The highest BCUT2D eigenvalue weighted by Crippen LogP contribution is 2.26. The summed E-state index contributed by atoms with van der Waals surface area (Å²) in [5.41, 5.74) is 5.49. The van der Waals surface area contributed by atoms with Gasteiger partial charge in [-0.2, -0.15) is 5.10 Å². The van der Waals surface area contributed by atoms with E-state index in [9.17, 15) is 8.42 Å². The van der Waals surface area contributed by atoms with E-state index in [4.69, 9.17) is 15.9 Å². The normalized spacial score (nSPS) is 11.1. The molecular formula is C12H15N5O3S. The van der Waals surface area contributed by atoms with Crippen LogP contribution in [0.15, 0.2) is 41.6 Å². The van der Waals surface area contributed by atoms with Gasteiger partial charge >= 0.3 is 0 Å². The standard InChI is InChI=1S/C12H15N5O3S/c1-17-7-9(6-15-17)21(18,19)16-10-4-2-3-5-11(10)20-8-12(13)14/h2-7,16H,8H2,1H3,(H3,13,14). The van der Waals surface area contributed by atoms with Gasteiger partial charge < -0.3 is 10.5 Å². The van der Waals surface area contributed by atoms with E-state index in [-0.39, 0.29) is 23.0 Å². The second-order valence-electron chi connectivity index (χ2n) is 4.27. The van der Waals surface area contributed by atoms with E-state index in [1.807, 2.05) is 0 Å². The lowest BCUT2D eigenvalue weighted by atomic mass is 10.3. The molecule has 0 atom stereocenters. The molecule has 0 amide bonds. The number of sulfonamides is 1. The van der Waals surface area contributed by atoms with Crippen molar-refractivity contribution < 1.29 is 13.2 Å². The molecule has 0 saturated carbocycles. The summed E-state index contributed by atoms with van der Waals surface area (Å²) in [6, 6.07) is 6.51. The van der Waals surface area contributed by atoms with E-state index in [0.29, 0.717) is 5.75 Å². The van der Waals surface area contributed by atoms with Gasteiger partial charge in [0.25, 0.3) is 10.0 Å². The molecule has 1 aromatic heterocycles. The van der Waals surface area contributed by atoms with E-state index in [0.717, 1.165) is 0 Å². The number of aromatic nitrogens is 2. The van der Waals surface area contributed by atoms with E-state index >= 15 is 0 Å². The number of hydrogen-bond acceptors (Lipinski definition) is 5. The average molecular weight is 309 g/mol. The summed E-state index contributed by atoms with van der Waals surface area (Å²) >= 11 is 0. The highest BCUT2D eigenvalue weighted by atomic mass is 32.2. The van der Waals surface area contributed by atoms with Gasteiger partial charge in [-0.1, -0.05) is 12.1 Å². The molecule has 9 heteroatoms. The van der Waals surface area contributed by atoms with Crippen LogP contribution in [-0.2, 0) is 17.1 Å². The summed E-state index contributed by atoms with van der Waals surface area (Å²) in [5, 5.41) is 11.0. The molecule has 0 aliphatic carbocycles. The predicted molar refractivity (Wildman–Crippen MR) is 77.9 cm³/mol. The zero-order chi connectivity index (χ0) is 15.5. The molecule has 21 heavy (non-hydrogen) atoms. The average Bonchev–Trinajstić information content (AvgIpc) is 2.85. The van der Waals surface area contributed by atoms with Crippen LogP contribution in [0, 0.1) is 5.41 Å². The van der Waals surface area contributed by atoms with E-state index in [1.54, 1.807) is 31.3 Å². The summed E-state index contributed by atoms with van der Waals surface area (Å²) < 4.78 is 33.5. The van der Waals surface area contributed by atoms with Crippen LogP contribution in [0.1, 0.15) is 0 Å². The Morgan fingerprint density at radius 3 is 2.81 bits per heavy atom. The molecule has 0 fully saturated rings. The quantitative estimate of drug-likeness (QED) is 0.530. The topological polar surface area (TPSA) is 123 Å². The zero-order valence-electron chi connectivity index (χ0n) is 11.3. The molecule has 0 radical (unpaired) electrons. The van der Waals surface area contributed by atoms with Gasteiger partial charge in [0.05, 0.1) is 11.9 Å². The lowest BCUT2D eigenvalue weighted by Gasteiger charge is -2.12. The summed E-state index contributed by atoms with van der Waals surface area (Å²) in [6.07, 6.45) is 2.64. The Balaban J connectivity index is 2.25. The number of anilines is 1. The minimum Gasteiger partial charge on any atom is -0.484 e. The summed E-state index contributed by atoms with van der Waals surface area (Å²) in [5.74, 6) is 0.139. The van der Waals surface area contributed by atoms with Crippen molar-refractivity contribution in [2.45, 2.75) is 4.90 Å². The van der Waals surface area contributed by atoms with Crippen molar-refractivity contribution in [1.29, 1.82) is 5.41 Å². The molecule has 0 unspecified atom stereocenters. The molecular weight excluding hydrogens is 294 g/mol. The maximum atomic E-state index is 12.2. The lowest BCUT2D eigenvalue weighted by Crippen LogP contribution is -2.20. The molecule has 0 aliphatic rings. The molecule has 8 nitrogen and oxygen atoms in total. The number of nitrogens with one attached hydrogen (secondary N) is 2. The first-order valence-electron chi connectivity index (χ1n) is 5.94. The van der Waals surface area contributed by atoms with Gasteiger partial charge in [0, 0.05) is 13.2 Å². The number of nitrogens with zero attached hydrogens (tertiary/aromatic N) is 2. The maximum Gasteiger partial charge on any atom is 0.265 e. The number of amidine groups is 1. The van der Waals surface area contributed by atoms with Gasteiger partial charge in [0.2, 0.25) is 0 Å². The Labute approximate surface area is 122 Å². The predicted octanol–water partition coefficient (Wildman–Crippen LogP) is 0.536. The Morgan fingerprint density at radius 1 is 1.48 bits per heavy atom. The highest BCUT2D eigenvalue weighted by molar-refractivity contribution is 7.92. The molecule has 1 heterocycles. The minimum absolute atomic E-state index is 0.0476. The molecule has 0 spiro atoms. The van der Waals surface area contributed by atoms with Crippen molar-refractivity contribution in [2.24, 2.45) is 12.8 Å². The Kier molecular flexibility index (Phi) is 4.13. The van der Waals surface area contributed by atoms with E-state index in [2.05, 4.69) is 9.82 Å². The van der Waals surface area contributed by atoms with Crippen LogP contribution in [0.2, 0.25) is 0 Å². The fraction of sp³-hybridized carbons (Fsp3) is 0.167. The fourth-order valence-electron chi connectivity index (χ4n) is 1.57. The van der Waals surface area contributed by atoms with Crippen LogP contribution in [0.5, 0.6) is 5.75 Å². The summed E-state index contributed by atoms with van der Waals surface area (Å²) in [6.45, 7) is -0.119. The van der Waals surface area contributed by atoms with Gasteiger partial charge in [0.1, 0.15) is 23.1 Å². The number of hydrogen-bond donors (Lipinski definition) is 3. The summed E-state index contributed by atoms with van der Waals surface area (Å²) in [7, 11) is -2.12. The number of rotatable bonds is 6. The van der Waals surface area contributed by atoms with Gasteiger partial charge in [-0.25, -0.2) is 8.42 Å². The Bertz CT molecular complexity index is 754. The molecule has 2 rings (SSSR count). The Morgan fingerprint density at radius 2 is 2.19 bits per heavy atom. The van der Waals surface area contributed by atoms with Crippen LogP contribution in [-0.4, -0.2) is 30.6 Å². The maximum absolute atomic E-state index is 12.2.